The summed E-state index contributed by atoms with van der Waals surface area (Å²) in [5.74, 6) is 1.85. The van der Waals surface area contributed by atoms with Gasteiger partial charge in [0.2, 0.25) is 5.71 Å². The summed E-state index contributed by atoms with van der Waals surface area (Å²) in [7, 11) is 0. The molecule has 5 heteroatoms. The monoisotopic (exact) mass is 524 g/mol. The highest BCUT2D eigenvalue weighted by atomic mass is 16.3. The van der Waals surface area contributed by atoms with E-state index in [1.54, 1.807) is 6.20 Å². The van der Waals surface area contributed by atoms with Crippen LogP contribution in [0.15, 0.2) is 126 Å². The van der Waals surface area contributed by atoms with Gasteiger partial charge in [0.1, 0.15) is 5.58 Å². The highest BCUT2D eigenvalue weighted by molar-refractivity contribution is 6.16. The van der Waals surface area contributed by atoms with E-state index in [0.717, 1.165) is 33.0 Å². The largest absolute Gasteiger partial charge is 0.438 e. The Bertz CT molecular complexity index is 2320. The van der Waals surface area contributed by atoms with E-state index in [0.29, 0.717) is 23.2 Å². The number of nitrogens with zero attached hydrogens (tertiary/aromatic N) is 4. The minimum Gasteiger partial charge on any atom is -0.438 e. The molecule has 1 aliphatic rings. The second kappa shape index (κ2) is 8.41. The molecule has 0 radical (unpaired) electrons. The molecule has 0 atom stereocenters. The fraction of sp³-hybridized carbons (Fsp3) is 0. The van der Waals surface area contributed by atoms with Gasteiger partial charge in [0.15, 0.2) is 17.5 Å². The Balaban J connectivity index is 1.33. The maximum absolute atomic E-state index is 6.08. The number of benzene rings is 5. The van der Waals surface area contributed by atoms with Gasteiger partial charge in [0.05, 0.1) is 0 Å². The Hall–Kier alpha value is -5.68. The molecule has 5 nitrogen and oxygen atoms in total. The molecule has 1 aliphatic carbocycles. The molecule has 0 fully saturated rings. The molecule has 9 rings (SSSR count). The molecule has 190 valence electrons. The summed E-state index contributed by atoms with van der Waals surface area (Å²) in [6, 6.07) is 39.5. The van der Waals surface area contributed by atoms with Gasteiger partial charge in [-0.2, -0.15) is 0 Å². The molecule has 0 amide bonds. The molecular formula is C36H20N4O. The van der Waals surface area contributed by atoms with Crippen LogP contribution in [0.1, 0.15) is 0 Å². The SMILES string of the molecule is c1ccc(-c2nc(-c3cc4c5c(cccc5c3)-c3ccccc3-4)nc(-c3cccc4oc5ncccc5c34)n2)cc1. The van der Waals surface area contributed by atoms with Crippen LogP contribution in [0.5, 0.6) is 0 Å². The first-order valence-electron chi connectivity index (χ1n) is 13.6. The third-order valence-corrected chi connectivity index (χ3v) is 7.92. The van der Waals surface area contributed by atoms with Crippen LogP contribution in [0, 0.1) is 0 Å². The molecule has 8 aromatic rings. The molecule has 0 unspecified atom stereocenters. The van der Waals surface area contributed by atoms with Crippen LogP contribution in [0.2, 0.25) is 0 Å². The smallest absolute Gasteiger partial charge is 0.227 e. The number of fused-ring (bicyclic) bond motifs is 6. The van der Waals surface area contributed by atoms with Crippen LogP contribution in [-0.2, 0) is 0 Å². The molecule has 0 saturated heterocycles. The third kappa shape index (κ3) is 3.29. The fourth-order valence-electron chi connectivity index (χ4n) is 6.14. The number of furan rings is 1. The second-order valence-electron chi connectivity index (χ2n) is 10.3. The van der Waals surface area contributed by atoms with Crippen molar-refractivity contribution >= 4 is 32.8 Å². The van der Waals surface area contributed by atoms with Crippen LogP contribution in [-0.4, -0.2) is 19.9 Å². The van der Waals surface area contributed by atoms with Gasteiger partial charge >= 0.3 is 0 Å². The van der Waals surface area contributed by atoms with Crippen molar-refractivity contribution < 1.29 is 4.42 Å². The van der Waals surface area contributed by atoms with E-state index in [9.17, 15) is 0 Å². The molecule has 3 heterocycles. The number of rotatable bonds is 3. The summed E-state index contributed by atoms with van der Waals surface area (Å²) in [5.41, 5.74) is 9.09. The number of hydrogen-bond acceptors (Lipinski definition) is 5. The molecule has 3 aromatic heterocycles. The molecular weight excluding hydrogens is 504 g/mol. The Kier molecular flexibility index (Phi) is 4.55. The first-order chi connectivity index (χ1) is 20.3. The Morgan fingerprint density at radius 1 is 0.463 bits per heavy atom. The quantitative estimate of drug-likeness (QED) is 0.231. The normalized spacial score (nSPS) is 11.9. The molecule has 0 N–H and O–H groups in total. The van der Waals surface area contributed by atoms with Gasteiger partial charge in [-0.25, -0.2) is 19.9 Å². The van der Waals surface area contributed by atoms with Crippen molar-refractivity contribution in [1.82, 2.24) is 19.9 Å². The van der Waals surface area contributed by atoms with Crippen molar-refractivity contribution in [2.24, 2.45) is 0 Å². The van der Waals surface area contributed by atoms with Crippen molar-refractivity contribution in [1.29, 1.82) is 0 Å². The summed E-state index contributed by atoms with van der Waals surface area (Å²) in [6.07, 6.45) is 1.74. The molecule has 0 bridgehead atoms. The number of pyridine rings is 1. The molecule has 41 heavy (non-hydrogen) atoms. The van der Waals surface area contributed by atoms with Crippen LogP contribution in [0.25, 0.3) is 89.3 Å². The molecule has 5 aromatic carbocycles. The van der Waals surface area contributed by atoms with Crippen molar-refractivity contribution in [3.63, 3.8) is 0 Å². The summed E-state index contributed by atoms with van der Waals surface area (Å²) in [5, 5.41) is 4.33. The van der Waals surface area contributed by atoms with Crippen LogP contribution < -0.4 is 0 Å². The van der Waals surface area contributed by atoms with Gasteiger partial charge in [0.25, 0.3) is 0 Å². The van der Waals surface area contributed by atoms with E-state index in [1.165, 1.54) is 33.0 Å². The van der Waals surface area contributed by atoms with Gasteiger partial charge in [-0.05, 0) is 63.4 Å². The highest BCUT2D eigenvalue weighted by Crippen LogP contribution is 2.48. The lowest BCUT2D eigenvalue weighted by Gasteiger charge is -2.11. The Morgan fingerprint density at radius 3 is 2.05 bits per heavy atom. The van der Waals surface area contributed by atoms with E-state index < -0.39 is 0 Å². The molecule has 0 saturated carbocycles. The predicted octanol–water partition coefficient (Wildman–Crippen LogP) is 8.97. The first kappa shape index (κ1) is 22.2. The van der Waals surface area contributed by atoms with E-state index in [2.05, 4.69) is 59.6 Å². The Labute approximate surface area is 234 Å². The van der Waals surface area contributed by atoms with Crippen molar-refractivity contribution in [3.05, 3.63) is 121 Å². The summed E-state index contributed by atoms with van der Waals surface area (Å²) >= 11 is 0. The predicted molar refractivity (Wildman–Crippen MR) is 163 cm³/mol. The topological polar surface area (TPSA) is 64.7 Å². The average Bonchev–Trinajstić information content (AvgIpc) is 3.58. The van der Waals surface area contributed by atoms with Gasteiger partial charge in [-0.15, -0.1) is 0 Å². The van der Waals surface area contributed by atoms with E-state index >= 15 is 0 Å². The van der Waals surface area contributed by atoms with Crippen molar-refractivity contribution in [2.75, 3.05) is 0 Å². The lowest BCUT2D eigenvalue weighted by Crippen LogP contribution is -2.00. The number of aromatic nitrogens is 4. The third-order valence-electron chi connectivity index (χ3n) is 7.92. The lowest BCUT2D eigenvalue weighted by atomic mass is 9.99. The molecule has 0 aliphatic heterocycles. The summed E-state index contributed by atoms with van der Waals surface area (Å²) in [6.45, 7) is 0. The zero-order valence-corrected chi connectivity index (χ0v) is 21.7. The number of hydrogen-bond donors (Lipinski definition) is 0. The van der Waals surface area contributed by atoms with Crippen molar-refractivity contribution in [2.45, 2.75) is 0 Å². The second-order valence-corrected chi connectivity index (χ2v) is 10.3. The van der Waals surface area contributed by atoms with Crippen LogP contribution >= 0.6 is 0 Å². The Morgan fingerprint density at radius 2 is 1.17 bits per heavy atom. The zero-order valence-electron chi connectivity index (χ0n) is 21.7. The standard InChI is InChI=1S/C36H20N4O/c1-2-9-21(10-3-1)33-38-34(23-19-22-11-6-14-26-24-12-4-5-13-25(24)29(20-23)31(22)26)40-35(39-33)27-15-7-17-30-32(27)28-16-8-18-37-36(28)41-30/h1-20H. The lowest BCUT2D eigenvalue weighted by molar-refractivity contribution is 0.654. The minimum atomic E-state index is 0.594. The first-order valence-corrected chi connectivity index (χ1v) is 13.6. The minimum absolute atomic E-state index is 0.594. The van der Waals surface area contributed by atoms with E-state index in [1.807, 2.05) is 60.7 Å². The highest BCUT2D eigenvalue weighted by Gasteiger charge is 2.23. The fourth-order valence-corrected chi connectivity index (χ4v) is 6.14. The zero-order chi connectivity index (χ0) is 26.9. The maximum Gasteiger partial charge on any atom is 0.227 e. The van der Waals surface area contributed by atoms with Crippen molar-refractivity contribution in [3.8, 4) is 56.4 Å². The van der Waals surface area contributed by atoms with Gasteiger partial charge in [-0.1, -0.05) is 84.9 Å². The van der Waals surface area contributed by atoms with Crippen LogP contribution in [0.4, 0.5) is 0 Å². The maximum atomic E-state index is 6.08. The van der Waals surface area contributed by atoms with Crippen LogP contribution in [0.3, 0.4) is 0 Å². The van der Waals surface area contributed by atoms with E-state index in [4.69, 9.17) is 19.4 Å². The van der Waals surface area contributed by atoms with Gasteiger partial charge in [0, 0.05) is 33.7 Å². The summed E-state index contributed by atoms with van der Waals surface area (Å²) in [4.78, 5) is 19.6. The summed E-state index contributed by atoms with van der Waals surface area (Å²) < 4.78 is 6.08. The average molecular weight is 525 g/mol. The van der Waals surface area contributed by atoms with Gasteiger partial charge in [-0.3, -0.25) is 0 Å². The van der Waals surface area contributed by atoms with E-state index in [-0.39, 0.29) is 0 Å². The molecule has 0 spiro atoms. The van der Waals surface area contributed by atoms with Gasteiger partial charge < -0.3 is 4.42 Å².